The molecular weight excluding hydrogens is 330 g/mol. The van der Waals surface area contributed by atoms with Crippen molar-refractivity contribution >= 4 is 28.2 Å². The van der Waals surface area contributed by atoms with Crippen LogP contribution in [0.25, 0.3) is 10.9 Å². The highest BCUT2D eigenvalue weighted by molar-refractivity contribution is 6.09. The number of amides is 1. The molecule has 0 fully saturated rings. The first-order valence-electron chi connectivity index (χ1n) is 8.43. The Bertz CT molecular complexity index is 1080. The molecule has 2 N–H and O–H groups in total. The van der Waals surface area contributed by atoms with Gasteiger partial charge in [0.25, 0.3) is 11.5 Å². The van der Waals surface area contributed by atoms with Gasteiger partial charge in [-0.1, -0.05) is 12.1 Å². The molecule has 0 bridgehead atoms. The van der Waals surface area contributed by atoms with E-state index in [-0.39, 0.29) is 11.3 Å². The van der Waals surface area contributed by atoms with Crippen LogP contribution >= 0.6 is 0 Å². The molecule has 1 aliphatic heterocycles. The molecule has 132 valence electrons. The molecule has 6 heteroatoms. The number of nitrogens with zero attached hydrogens (tertiary/aromatic N) is 2. The van der Waals surface area contributed by atoms with E-state index in [4.69, 9.17) is 0 Å². The second kappa shape index (κ2) is 5.91. The Kier molecular flexibility index (Phi) is 3.68. The monoisotopic (exact) mass is 349 g/mol. The first kappa shape index (κ1) is 16.2. The molecule has 6 nitrogen and oxygen atoms in total. The maximum absolute atomic E-state index is 12.8. The van der Waals surface area contributed by atoms with Crippen LogP contribution in [0.5, 0.6) is 5.75 Å². The van der Waals surface area contributed by atoms with Gasteiger partial charge < -0.3 is 19.9 Å². The second-order valence-electron chi connectivity index (χ2n) is 6.64. The highest BCUT2D eigenvalue weighted by atomic mass is 16.3. The number of pyridine rings is 1. The molecule has 1 aliphatic rings. The van der Waals surface area contributed by atoms with Gasteiger partial charge >= 0.3 is 0 Å². The molecule has 0 unspecified atom stereocenters. The van der Waals surface area contributed by atoms with Crippen molar-refractivity contribution in [2.45, 2.75) is 13.0 Å². The fourth-order valence-electron chi connectivity index (χ4n) is 3.46. The van der Waals surface area contributed by atoms with Crippen LogP contribution < -0.4 is 15.8 Å². The molecule has 4 rings (SSSR count). The zero-order valence-electron chi connectivity index (χ0n) is 14.6. The lowest BCUT2D eigenvalue weighted by molar-refractivity contribution is 0.102. The van der Waals surface area contributed by atoms with Gasteiger partial charge in [-0.25, -0.2) is 0 Å². The van der Waals surface area contributed by atoms with E-state index < -0.39 is 11.5 Å². The number of carbonyl (C=O) groups excluding carboxylic acids is 1. The molecule has 1 aromatic heterocycles. The highest BCUT2D eigenvalue weighted by Crippen LogP contribution is 2.32. The van der Waals surface area contributed by atoms with Gasteiger partial charge in [-0.3, -0.25) is 9.59 Å². The number of hydrogen-bond acceptors (Lipinski definition) is 4. The number of rotatable bonds is 3. The predicted octanol–water partition coefficient (Wildman–Crippen LogP) is 2.58. The maximum Gasteiger partial charge on any atom is 0.267 e. The molecule has 0 atom stereocenters. The smallest absolute Gasteiger partial charge is 0.267 e. The summed E-state index contributed by atoms with van der Waals surface area (Å²) in [4.78, 5) is 27.4. The van der Waals surface area contributed by atoms with Gasteiger partial charge in [0.2, 0.25) is 0 Å². The highest BCUT2D eigenvalue weighted by Gasteiger charge is 2.26. The van der Waals surface area contributed by atoms with E-state index >= 15 is 0 Å². The molecule has 0 radical (unpaired) electrons. The predicted molar refractivity (Wildman–Crippen MR) is 102 cm³/mol. The molecule has 0 spiro atoms. The lowest BCUT2D eigenvalue weighted by Gasteiger charge is -2.14. The lowest BCUT2D eigenvalue weighted by Crippen LogP contribution is -2.28. The minimum absolute atomic E-state index is 0.215. The van der Waals surface area contributed by atoms with Crippen molar-refractivity contribution in [2.75, 3.05) is 24.3 Å². The molecule has 26 heavy (non-hydrogen) atoms. The van der Waals surface area contributed by atoms with Crippen LogP contribution in [0.15, 0.2) is 47.3 Å². The molecule has 2 aromatic carbocycles. The summed E-state index contributed by atoms with van der Waals surface area (Å²) >= 11 is 0. The molecule has 2 heterocycles. The molecule has 0 saturated heterocycles. The number of para-hydroxylation sites is 1. The topological polar surface area (TPSA) is 74.6 Å². The SMILES string of the molecule is CN(C)c1ccc(NC(=O)c2c(O)c3cccc4c3n(c2=O)CC4)cc1. The third kappa shape index (κ3) is 2.42. The van der Waals surface area contributed by atoms with Crippen LogP contribution in [-0.2, 0) is 13.0 Å². The number of hydrogen-bond donors (Lipinski definition) is 2. The summed E-state index contributed by atoms with van der Waals surface area (Å²) in [7, 11) is 3.86. The van der Waals surface area contributed by atoms with Crippen LogP contribution in [-0.4, -0.2) is 29.7 Å². The van der Waals surface area contributed by atoms with Crippen LogP contribution in [0.2, 0.25) is 0 Å². The zero-order valence-corrected chi connectivity index (χ0v) is 14.6. The molecule has 0 saturated carbocycles. The average molecular weight is 349 g/mol. The third-order valence-electron chi connectivity index (χ3n) is 4.81. The van der Waals surface area contributed by atoms with Crippen molar-refractivity contribution in [2.24, 2.45) is 0 Å². The van der Waals surface area contributed by atoms with E-state index in [0.29, 0.717) is 17.6 Å². The number of aromatic hydroxyl groups is 1. The van der Waals surface area contributed by atoms with Gasteiger partial charge in [-0.2, -0.15) is 0 Å². The van der Waals surface area contributed by atoms with Crippen molar-refractivity contribution in [3.8, 4) is 5.75 Å². The van der Waals surface area contributed by atoms with Gasteiger partial charge in [-0.15, -0.1) is 0 Å². The first-order valence-corrected chi connectivity index (χ1v) is 8.43. The van der Waals surface area contributed by atoms with E-state index in [0.717, 1.165) is 23.2 Å². The first-order chi connectivity index (χ1) is 12.5. The van der Waals surface area contributed by atoms with Crippen molar-refractivity contribution < 1.29 is 9.90 Å². The maximum atomic E-state index is 12.8. The summed E-state index contributed by atoms with van der Waals surface area (Å²) in [5.41, 5.74) is 2.63. The Balaban J connectivity index is 1.75. The zero-order chi connectivity index (χ0) is 18.4. The number of anilines is 2. The molecular formula is C20H19N3O3. The van der Waals surface area contributed by atoms with E-state index in [9.17, 15) is 14.7 Å². The normalized spacial score (nSPS) is 12.4. The summed E-state index contributed by atoms with van der Waals surface area (Å²) < 4.78 is 1.58. The van der Waals surface area contributed by atoms with Crippen molar-refractivity contribution in [1.29, 1.82) is 0 Å². The van der Waals surface area contributed by atoms with E-state index in [2.05, 4.69) is 5.32 Å². The van der Waals surface area contributed by atoms with E-state index in [1.54, 1.807) is 22.8 Å². The number of benzene rings is 2. The molecule has 3 aromatic rings. The minimum atomic E-state index is -0.604. The van der Waals surface area contributed by atoms with Crippen molar-refractivity contribution in [3.63, 3.8) is 0 Å². The second-order valence-corrected chi connectivity index (χ2v) is 6.64. The fourth-order valence-corrected chi connectivity index (χ4v) is 3.46. The van der Waals surface area contributed by atoms with Crippen molar-refractivity contribution in [1.82, 2.24) is 4.57 Å². The van der Waals surface area contributed by atoms with Crippen LogP contribution in [0, 0.1) is 0 Å². The minimum Gasteiger partial charge on any atom is -0.506 e. The van der Waals surface area contributed by atoms with E-state index in [1.165, 1.54) is 0 Å². The third-order valence-corrected chi connectivity index (χ3v) is 4.81. The fraction of sp³-hybridized carbons (Fsp3) is 0.200. The van der Waals surface area contributed by atoms with Crippen LogP contribution in [0.4, 0.5) is 11.4 Å². The summed E-state index contributed by atoms with van der Waals surface area (Å²) in [6, 6.07) is 12.8. The number of carbonyl (C=O) groups is 1. The van der Waals surface area contributed by atoms with Crippen LogP contribution in [0.1, 0.15) is 15.9 Å². The lowest BCUT2D eigenvalue weighted by atomic mass is 10.1. The van der Waals surface area contributed by atoms with Crippen molar-refractivity contribution in [3.05, 3.63) is 63.9 Å². The standard InChI is InChI=1S/C20H19N3O3/c1-22(2)14-8-6-13(7-9-14)21-19(25)16-18(24)15-5-3-4-12-10-11-23(17(12)15)20(16)26/h3-9,24H,10-11H2,1-2H3,(H,21,25). The Morgan fingerprint density at radius 3 is 2.58 bits per heavy atom. The number of aromatic nitrogens is 1. The Morgan fingerprint density at radius 2 is 1.88 bits per heavy atom. The summed E-state index contributed by atoms with van der Waals surface area (Å²) in [5, 5.41) is 13.8. The summed E-state index contributed by atoms with van der Waals surface area (Å²) in [6.45, 7) is 0.521. The average Bonchev–Trinajstić information content (AvgIpc) is 3.05. The van der Waals surface area contributed by atoms with Crippen LogP contribution in [0.3, 0.4) is 0 Å². The Labute approximate surface area is 150 Å². The number of aryl methyl sites for hydroxylation is 2. The molecule has 0 aliphatic carbocycles. The van der Waals surface area contributed by atoms with Gasteiger partial charge in [-0.05, 0) is 42.3 Å². The Hall–Kier alpha value is -3.28. The van der Waals surface area contributed by atoms with Gasteiger partial charge in [0.15, 0.2) is 0 Å². The molecule has 1 amide bonds. The van der Waals surface area contributed by atoms with E-state index in [1.807, 2.05) is 43.3 Å². The summed E-state index contributed by atoms with van der Waals surface area (Å²) in [6.07, 6.45) is 0.725. The van der Waals surface area contributed by atoms with Gasteiger partial charge in [0, 0.05) is 37.4 Å². The number of nitrogens with one attached hydrogen (secondary N) is 1. The summed E-state index contributed by atoms with van der Waals surface area (Å²) in [5.74, 6) is -0.861. The van der Waals surface area contributed by atoms with Gasteiger partial charge in [0.05, 0.1) is 5.52 Å². The largest absolute Gasteiger partial charge is 0.506 e. The Morgan fingerprint density at radius 1 is 1.15 bits per heavy atom. The van der Waals surface area contributed by atoms with Gasteiger partial charge in [0.1, 0.15) is 11.3 Å². The quantitative estimate of drug-likeness (QED) is 0.762.